The van der Waals surface area contributed by atoms with E-state index in [2.05, 4.69) is 5.32 Å². The van der Waals surface area contributed by atoms with Gasteiger partial charge in [0, 0.05) is 18.8 Å². The van der Waals surface area contributed by atoms with Crippen LogP contribution in [0, 0.1) is 0 Å². The lowest BCUT2D eigenvalue weighted by Gasteiger charge is -2.32. The van der Waals surface area contributed by atoms with E-state index in [1.807, 2.05) is 11.8 Å². The van der Waals surface area contributed by atoms with Gasteiger partial charge >= 0.3 is 0 Å². The third-order valence-corrected chi connectivity index (χ3v) is 4.45. The van der Waals surface area contributed by atoms with E-state index >= 15 is 0 Å². The van der Waals surface area contributed by atoms with Crippen LogP contribution in [0.4, 0.5) is 5.69 Å². The van der Waals surface area contributed by atoms with Crippen molar-refractivity contribution in [1.29, 1.82) is 0 Å². The van der Waals surface area contributed by atoms with E-state index < -0.39 is 0 Å². The van der Waals surface area contributed by atoms with Gasteiger partial charge in [-0.2, -0.15) is 0 Å². The Labute approximate surface area is 143 Å². The van der Waals surface area contributed by atoms with Gasteiger partial charge in [0.15, 0.2) is 0 Å². The largest absolute Gasteiger partial charge is 0.497 e. The van der Waals surface area contributed by atoms with Crippen LogP contribution in [0.3, 0.4) is 0 Å². The van der Waals surface area contributed by atoms with Gasteiger partial charge in [-0.15, -0.1) is 0 Å². The van der Waals surface area contributed by atoms with Gasteiger partial charge in [-0.25, -0.2) is 0 Å². The molecular formula is C18H27N3O3. The average Bonchev–Trinajstić information content (AvgIpc) is 2.61. The molecule has 1 aromatic carbocycles. The van der Waals surface area contributed by atoms with Crippen LogP contribution in [0.25, 0.3) is 0 Å². The fourth-order valence-corrected chi connectivity index (χ4v) is 2.81. The molecule has 6 heteroatoms. The Hall–Kier alpha value is -2.08. The summed E-state index contributed by atoms with van der Waals surface area (Å²) in [7, 11) is 3.41. The minimum Gasteiger partial charge on any atom is -0.497 e. The molecule has 6 nitrogen and oxygen atoms in total. The molecule has 0 aromatic heterocycles. The Balaban J connectivity index is 1.84. The molecule has 1 atom stereocenters. The lowest BCUT2D eigenvalue weighted by molar-refractivity contribution is -0.137. The molecule has 0 aliphatic carbocycles. The number of hydrogen-bond donors (Lipinski definition) is 1. The highest BCUT2D eigenvalue weighted by atomic mass is 16.5. The number of piperidine rings is 1. The Morgan fingerprint density at radius 3 is 2.42 bits per heavy atom. The SMILES string of the molecule is COc1ccc(NC(=O)CN(C)[C@H](C)C(=O)N2CCCCC2)cc1. The number of likely N-dealkylation sites (N-methyl/N-ethyl adjacent to an activating group) is 1. The normalized spacial score (nSPS) is 15.9. The standard InChI is InChI=1S/C18H27N3O3/c1-14(18(23)21-11-5-4-6-12-21)20(2)13-17(22)19-15-7-9-16(24-3)10-8-15/h7-10,14H,4-6,11-13H2,1-3H3,(H,19,22)/t14-/m1/s1. The van der Waals surface area contributed by atoms with Gasteiger partial charge in [0.2, 0.25) is 11.8 Å². The topological polar surface area (TPSA) is 61.9 Å². The van der Waals surface area contributed by atoms with E-state index in [1.165, 1.54) is 6.42 Å². The molecule has 2 amide bonds. The van der Waals surface area contributed by atoms with Crippen molar-refractivity contribution in [3.8, 4) is 5.75 Å². The Bertz CT molecular complexity index is 553. The van der Waals surface area contributed by atoms with Crippen LogP contribution in [0.15, 0.2) is 24.3 Å². The third-order valence-electron chi connectivity index (χ3n) is 4.45. The molecule has 0 spiro atoms. The van der Waals surface area contributed by atoms with Gasteiger partial charge in [-0.3, -0.25) is 14.5 Å². The van der Waals surface area contributed by atoms with Gasteiger partial charge in [0.25, 0.3) is 0 Å². The zero-order valence-electron chi connectivity index (χ0n) is 14.7. The van der Waals surface area contributed by atoms with Crippen molar-refractivity contribution in [2.45, 2.75) is 32.2 Å². The third kappa shape index (κ3) is 4.96. The molecule has 0 saturated carbocycles. The lowest BCUT2D eigenvalue weighted by Crippen LogP contribution is -2.49. The highest BCUT2D eigenvalue weighted by Crippen LogP contribution is 2.15. The predicted molar refractivity (Wildman–Crippen MR) is 94.1 cm³/mol. The number of nitrogens with one attached hydrogen (secondary N) is 1. The average molecular weight is 333 g/mol. The highest BCUT2D eigenvalue weighted by Gasteiger charge is 2.25. The summed E-state index contributed by atoms with van der Waals surface area (Å²) >= 11 is 0. The number of anilines is 1. The van der Waals surface area contributed by atoms with Crippen molar-refractivity contribution in [2.24, 2.45) is 0 Å². The molecule has 1 aliphatic heterocycles. The van der Waals surface area contributed by atoms with Gasteiger partial charge in [0.05, 0.1) is 19.7 Å². The Morgan fingerprint density at radius 2 is 1.83 bits per heavy atom. The molecule has 132 valence electrons. The summed E-state index contributed by atoms with van der Waals surface area (Å²) in [5.74, 6) is 0.710. The first-order valence-corrected chi connectivity index (χ1v) is 8.44. The lowest BCUT2D eigenvalue weighted by atomic mass is 10.1. The van der Waals surface area contributed by atoms with Crippen LogP contribution in [-0.4, -0.2) is 61.4 Å². The van der Waals surface area contributed by atoms with Crippen LogP contribution < -0.4 is 10.1 Å². The van der Waals surface area contributed by atoms with E-state index in [4.69, 9.17) is 4.74 Å². The number of hydrogen-bond acceptors (Lipinski definition) is 4. The van der Waals surface area contributed by atoms with E-state index in [0.29, 0.717) is 5.69 Å². The Kier molecular flexibility index (Phi) is 6.61. The van der Waals surface area contributed by atoms with E-state index in [9.17, 15) is 9.59 Å². The zero-order chi connectivity index (χ0) is 17.5. The summed E-state index contributed by atoms with van der Waals surface area (Å²) in [5, 5.41) is 2.84. The maximum Gasteiger partial charge on any atom is 0.239 e. The molecule has 24 heavy (non-hydrogen) atoms. The van der Waals surface area contributed by atoms with Gasteiger partial charge < -0.3 is 15.0 Å². The molecule has 1 aliphatic rings. The second-order valence-electron chi connectivity index (χ2n) is 6.25. The highest BCUT2D eigenvalue weighted by molar-refractivity contribution is 5.92. The van der Waals surface area contributed by atoms with Crippen LogP contribution in [0.5, 0.6) is 5.75 Å². The first-order valence-electron chi connectivity index (χ1n) is 8.44. The van der Waals surface area contributed by atoms with E-state index in [0.717, 1.165) is 31.7 Å². The number of benzene rings is 1. The number of rotatable bonds is 6. The van der Waals surface area contributed by atoms with Crippen molar-refractivity contribution < 1.29 is 14.3 Å². The molecular weight excluding hydrogens is 306 g/mol. The van der Waals surface area contributed by atoms with Gasteiger partial charge in [-0.1, -0.05) is 0 Å². The number of likely N-dealkylation sites (tertiary alicyclic amines) is 1. The summed E-state index contributed by atoms with van der Waals surface area (Å²) in [6.07, 6.45) is 3.33. The number of carbonyl (C=O) groups excluding carboxylic acids is 2. The molecule has 1 fully saturated rings. The molecule has 1 N–H and O–H groups in total. The number of methoxy groups -OCH3 is 1. The molecule has 0 unspecified atom stereocenters. The summed E-state index contributed by atoms with van der Waals surface area (Å²) in [6, 6.07) is 6.87. The molecule has 1 heterocycles. The minimum absolute atomic E-state index is 0.106. The summed E-state index contributed by atoms with van der Waals surface area (Å²) in [5.41, 5.74) is 0.712. The predicted octanol–water partition coefficient (Wildman–Crippen LogP) is 1.97. The molecule has 1 saturated heterocycles. The molecule has 2 rings (SSSR count). The van der Waals surface area contributed by atoms with E-state index in [1.54, 1.807) is 43.3 Å². The Morgan fingerprint density at radius 1 is 1.21 bits per heavy atom. The smallest absolute Gasteiger partial charge is 0.239 e. The maximum absolute atomic E-state index is 12.5. The van der Waals surface area contributed by atoms with Crippen molar-refractivity contribution in [3.05, 3.63) is 24.3 Å². The van der Waals surface area contributed by atoms with Crippen molar-refractivity contribution >= 4 is 17.5 Å². The first-order chi connectivity index (χ1) is 11.5. The summed E-state index contributed by atoms with van der Waals surface area (Å²) < 4.78 is 5.09. The van der Waals surface area contributed by atoms with Crippen molar-refractivity contribution in [2.75, 3.05) is 39.1 Å². The second kappa shape index (κ2) is 8.68. The molecule has 0 bridgehead atoms. The number of ether oxygens (including phenoxy) is 1. The summed E-state index contributed by atoms with van der Waals surface area (Å²) in [4.78, 5) is 28.4. The monoisotopic (exact) mass is 333 g/mol. The van der Waals surface area contributed by atoms with Crippen LogP contribution in [0.1, 0.15) is 26.2 Å². The quantitative estimate of drug-likeness (QED) is 0.864. The number of amides is 2. The number of carbonyl (C=O) groups is 2. The number of nitrogens with zero attached hydrogens (tertiary/aromatic N) is 2. The van der Waals surface area contributed by atoms with Gasteiger partial charge in [0.1, 0.15) is 5.75 Å². The second-order valence-corrected chi connectivity index (χ2v) is 6.25. The van der Waals surface area contributed by atoms with E-state index in [-0.39, 0.29) is 24.4 Å². The van der Waals surface area contributed by atoms with Crippen molar-refractivity contribution in [1.82, 2.24) is 9.80 Å². The summed E-state index contributed by atoms with van der Waals surface area (Å²) in [6.45, 7) is 3.69. The molecule has 1 aromatic rings. The van der Waals surface area contributed by atoms with Crippen LogP contribution >= 0.6 is 0 Å². The first kappa shape index (κ1) is 18.3. The minimum atomic E-state index is -0.301. The van der Waals surface area contributed by atoms with Gasteiger partial charge in [-0.05, 0) is 57.5 Å². The zero-order valence-corrected chi connectivity index (χ0v) is 14.7. The van der Waals surface area contributed by atoms with Crippen LogP contribution in [0.2, 0.25) is 0 Å². The van der Waals surface area contributed by atoms with Crippen LogP contribution in [-0.2, 0) is 9.59 Å². The fourth-order valence-electron chi connectivity index (χ4n) is 2.81. The maximum atomic E-state index is 12.5. The fraction of sp³-hybridized carbons (Fsp3) is 0.556. The molecule has 0 radical (unpaired) electrons. The van der Waals surface area contributed by atoms with Crippen molar-refractivity contribution in [3.63, 3.8) is 0 Å².